The van der Waals surface area contributed by atoms with E-state index in [9.17, 15) is 19.2 Å². The fourth-order valence-corrected chi connectivity index (χ4v) is 4.90. The maximum atomic E-state index is 12.5. The number of aromatic amines is 2. The second-order valence-corrected chi connectivity index (χ2v) is 8.48. The number of rotatable bonds is 4. The number of H-pyrrole nitrogens is 2. The van der Waals surface area contributed by atoms with Crippen molar-refractivity contribution in [2.45, 2.75) is 38.5 Å². The van der Waals surface area contributed by atoms with Gasteiger partial charge in [0.25, 0.3) is 17.0 Å². The molecule has 0 unspecified atom stereocenters. The molecule has 1 aliphatic rings. The summed E-state index contributed by atoms with van der Waals surface area (Å²) >= 11 is 1.50. The van der Waals surface area contributed by atoms with Crippen molar-refractivity contribution in [1.29, 1.82) is 0 Å². The van der Waals surface area contributed by atoms with E-state index in [-0.39, 0.29) is 28.9 Å². The Labute approximate surface area is 175 Å². The number of carbonyl (C=O) groups excluding carboxylic acids is 2. The first kappa shape index (κ1) is 20.1. The molecule has 0 spiro atoms. The lowest BCUT2D eigenvalue weighted by molar-refractivity contribution is -0.115. The summed E-state index contributed by atoms with van der Waals surface area (Å²) in [5.74, 6) is -0.764. The molecule has 4 N–H and O–H groups in total. The van der Waals surface area contributed by atoms with Gasteiger partial charge in [-0.2, -0.15) is 0 Å². The van der Waals surface area contributed by atoms with Crippen molar-refractivity contribution in [2.24, 2.45) is 0 Å². The zero-order chi connectivity index (χ0) is 21.1. The van der Waals surface area contributed by atoms with E-state index in [0.717, 1.165) is 25.7 Å². The number of benzene rings is 1. The van der Waals surface area contributed by atoms with Gasteiger partial charge in [0.1, 0.15) is 0 Å². The number of aryl methyl sites for hydroxylation is 2. The number of thiophene rings is 1. The lowest BCUT2D eigenvalue weighted by Crippen LogP contribution is -2.33. The Kier molecular flexibility index (Phi) is 5.80. The summed E-state index contributed by atoms with van der Waals surface area (Å²) in [5, 5.41) is 10.0. The smallest absolute Gasteiger partial charge is 0.272 e. The third-order valence-electron chi connectivity index (χ3n) is 5.23. The van der Waals surface area contributed by atoms with E-state index in [0.29, 0.717) is 4.88 Å². The number of hydrogen-bond donors (Lipinski definition) is 4. The molecule has 2 amide bonds. The van der Waals surface area contributed by atoms with Gasteiger partial charge in [-0.3, -0.25) is 29.4 Å². The molecule has 0 saturated heterocycles. The summed E-state index contributed by atoms with van der Waals surface area (Å²) in [6.45, 7) is -0.237. The molecule has 3 aromatic rings. The predicted molar refractivity (Wildman–Crippen MR) is 116 cm³/mol. The fraction of sp³-hybridized carbons (Fsp3) is 0.333. The van der Waals surface area contributed by atoms with Gasteiger partial charge in [-0.15, -0.1) is 11.3 Å². The quantitative estimate of drug-likeness (QED) is 0.511. The van der Waals surface area contributed by atoms with E-state index in [2.05, 4.69) is 20.8 Å². The van der Waals surface area contributed by atoms with Crippen LogP contribution >= 0.6 is 11.3 Å². The number of amides is 2. The number of fused-ring (bicyclic) bond motifs is 2. The normalized spacial score (nSPS) is 13.9. The van der Waals surface area contributed by atoms with Crippen molar-refractivity contribution in [3.05, 3.63) is 60.3 Å². The second kappa shape index (κ2) is 8.66. The topological polar surface area (TPSA) is 124 Å². The van der Waals surface area contributed by atoms with Crippen molar-refractivity contribution >= 4 is 39.6 Å². The van der Waals surface area contributed by atoms with Crippen molar-refractivity contribution < 1.29 is 9.59 Å². The second-order valence-electron chi connectivity index (χ2n) is 7.34. The summed E-state index contributed by atoms with van der Waals surface area (Å²) in [6.07, 6.45) is 6.73. The molecule has 0 radical (unpaired) electrons. The molecular weight excluding hydrogens is 404 g/mol. The third-order valence-corrected chi connectivity index (χ3v) is 6.47. The van der Waals surface area contributed by atoms with Gasteiger partial charge in [-0.1, -0.05) is 18.9 Å². The summed E-state index contributed by atoms with van der Waals surface area (Å²) in [6, 6.07) is 6.56. The SMILES string of the molecule is O=C(CNC(=O)c1cc2c(s1)CCCCCC2)Nc1cccc2c(=O)[nH][nH]c(=O)c12. The molecule has 9 heteroatoms. The van der Waals surface area contributed by atoms with Crippen molar-refractivity contribution in [2.75, 3.05) is 11.9 Å². The van der Waals surface area contributed by atoms with Crippen LogP contribution in [0.1, 0.15) is 45.8 Å². The highest BCUT2D eigenvalue weighted by molar-refractivity contribution is 7.14. The van der Waals surface area contributed by atoms with Crippen molar-refractivity contribution in [3.8, 4) is 0 Å². The van der Waals surface area contributed by atoms with Crippen LogP contribution in [0, 0.1) is 0 Å². The Hall–Kier alpha value is -3.20. The summed E-state index contributed by atoms with van der Waals surface area (Å²) in [5.41, 5.74) is 0.496. The Bertz CT molecular complexity index is 1200. The first-order valence-corrected chi connectivity index (χ1v) is 10.8. The molecule has 0 aliphatic heterocycles. The van der Waals surface area contributed by atoms with E-state index in [4.69, 9.17) is 0 Å². The largest absolute Gasteiger partial charge is 0.342 e. The molecule has 2 aromatic heterocycles. The molecule has 0 saturated carbocycles. The number of carbonyl (C=O) groups is 2. The van der Waals surface area contributed by atoms with Gasteiger partial charge in [0.2, 0.25) is 5.91 Å². The van der Waals surface area contributed by atoms with Crippen LogP contribution < -0.4 is 21.8 Å². The van der Waals surface area contributed by atoms with Crippen LogP contribution in [0.4, 0.5) is 5.69 Å². The minimum atomic E-state index is -0.513. The molecule has 0 atom stereocenters. The van der Waals surface area contributed by atoms with Crippen LogP contribution in [0.5, 0.6) is 0 Å². The monoisotopic (exact) mass is 426 g/mol. The fourth-order valence-electron chi connectivity index (χ4n) is 3.73. The van der Waals surface area contributed by atoms with Gasteiger partial charge in [0.15, 0.2) is 0 Å². The van der Waals surface area contributed by atoms with E-state index in [1.165, 1.54) is 46.8 Å². The molecule has 1 aromatic carbocycles. The molecule has 30 heavy (non-hydrogen) atoms. The summed E-state index contributed by atoms with van der Waals surface area (Å²) in [7, 11) is 0. The first-order valence-electron chi connectivity index (χ1n) is 9.96. The lowest BCUT2D eigenvalue weighted by atomic mass is 10.00. The third kappa shape index (κ3) is 4.20. The van der Waals surface area contributed by atoms with E-state index in [1.54, 1.807) is 6.07 Å². The molecular formula is C21H22N4O4S. The van der Waals surface area contributed by atoms with Gasteiger partial charge in [-0.05, 0) is 49.4 Å². The van der Waals surface area contributed by atoms with Crippen LogP contribution in [0.2, 0.25) is 0 Å². The van der Waals surface area contributed by atoms with Crippen LogP contribution in [0.15, 0.2) is 33.9 Å². The standard InChI is InChI=1S/C21H22N4O4S/c26-17(23-14-8-5-7-13-18(14)21(29)25-24-19(13)27)11-22-20(28)16-10-12-6-3-1-2-4-9-15(12)30-16/h5,7-8,10H,1-4,6,9,11H2,(H,22,28)(H,23,26)(H,24,27)(H,25,29). The average Bonchev–Trinajstić information content (AvgIpc) is 3.11. The zero-order valence-electron chi connectivity index (χ0n) is 16.3. The van der Waals surface area contributed by atoms with E-state index < -0.39 is 17.0 Å². The maximum Gasteiger partial charge on any atom is 0.272 e. The van der Waals surface area contributed by atoms with Gasteiger partial charge in [0.05, 0.1) is 27.9 Å². The molecule has 156 valence electrons. The van der Waals surface area contributed by atoms with Gasteiger partial charge in [-0.25, -0.2) is 0 Å². The van der Waals surface area contributed by atoms with E-state index >= 15 is 0 Å². The Balaban J connectivity index is 1.43. The number of hydrogen-bond acceptors (Lipinski definition) is 5. The highest BCUT2D eigenvalue weighted by Crippen LogP contribution is 2.28. The first-order chi connectivity index (χ1) is 14.5. The molecule has 4 rings (SSSR count). The molecule has 2 heterocycles. The molecule has 0 bridgehead atoms. The van der Waals surface area contributed by atoms with Crippen molar-refractivity contribution in [1.82, 2.24) is 15.5 Å². The molecule has 0 fully saturated rings. The van der Waals surface area contributed by atoms with Crippen molar-refractivity contribution in [3.63, 3.8) is 0 Å². The Morgan fingerprint density at radius 2 is 1.77 bits per heavy atom. The highest BCUT2D eigenvalue weighted by atomic mass is 32.1. The lowest BCUT2D eigenvalue weighted by Gasteiger charge is -2.08. The van der Waals surface area contributed by atoms with Crippen LogP contribution in [0.3, 0.4) is 0 Å². The Morgan fingerprint density at radius 1 is 1.00 bits per heavy atom. The molecule has 1 aliphatic carbocycles. The van der Waals surface area contributed by atoms with Crippen LogP contribution in [0.25, 0.3) is 10.8 Å². The highest BCUT2D eigenvalue weighted by Gasteiger charge is 2.17. The van der Waals surface area contributed by atoms with E-state index in [1.807, 2.05) is 6.07 Å². The number of aromatic nitrogens is 2. The number of anilines is 1. The van der Waals surface area contributed by atoms with Gasteiger partial charge in [0, 0.05) is 4.88 Å². The Morgan fingerprint density at radius 3 is 2.60 bits per heavy atom. The molecule has 8 nitrogen and oxygen atoms in total. The van der Waals surface area contributed by atoms with Gasteiger partial charge >= 0.3 is 0 Å². The number of nitrogens with one attached hydrogen (secondary N) is 4. The van der Waals surface area contributed by atoms with Gasteiger partial charge < -0.3 is 10.6 Å². The van der Waals surface area contributed by atoms with Crippen LogP contribution in [-0.2, 0) is 17.6 Å². The maximum absolute atomic E-state index is 12.5. The summed E-state index contributed by atoms with van der Waals surface area (Å²) in [4.78, 5) is 50.7. The minimum absolute atomic E-state index is 0.0963. The predicted octanol–water partition coefficient (Wildman–Crippen LogP) is 2.31. The minimum Gasteiger partial charge on any atom is -0.342 e. The zero-order valence-corrected chi connectivity index (χ0v) is 17.1. The van der Waals surface area contributed by atoms with Crippen LogP contribution in [-0.4, -0.2) is 28.6 Å². The summed E-state index contributed by atoms with van der Waals surface area (Å²) < 4.78 is 0. The average molecular weight is 426 g/mol.